The second kappa shape index (κ2) is 14.9. The standard InChI is InChI=1S/C39H38N4O6P2/c1-27-24-28(2)38(29(3)25-27)39-40-36(34-8-4-30(5-9-34)32-12-16-42(17-13-32)20-22-50(44,45)46)26-37(41-39)35-10-6-31(7-11-35)33-14-18-43(19-15-33)21-23-51(47,48)49/h4-19,24-26H,20-23H2,1-3H3,(H2-2,44,45,46,47,48,49)/p+2. The summed E-state index contributed by atoms with van der Waals surface area (Å²) in [7, 11) is -8.13. The van der Waals surface area contributed by atoms with Crippen molar-refractivity contribution in [2.24, 2.45) is 0 Å². The molecule has 0 bridgehead atoms. The van der Waals surface area contributed by atoms with E-state index < -0.39 is 15.2 Å². The average molecular weight is 723 g/mol. The van der Waals surface area contributed by atoms with Crippen LogP contribution < -0.4 is 9.13 Å². The van der Waals surface area contributed by atoms with Gasteiger partial charge in [-0.05, 0) is 60.2 Å². The van der Waals surface area contributed by atoms with Crippen LogP contribution in [-0.2, 0) is 22.2 Å². The van der Waals surface area contributed by atoms with Crippen LogP contribution in [-0.4, -0.2) is 41.9 Å². The summed E-state index contributed by atoms with van der Waals surface area (Å²) in [6.07, 6.45) is 6.87. The highest BCUT2D eigenvalue weighted by Crippen LogP contribution is 2.35. The summed E-state index contributed by atoms with van der Waals surface area (Å²) in [6, 6.07) is 30.4. The van der Waals surface area contributed by atoms with Gasteiger partial charge in [-0.2, -0.15) is 0 Å². The number of aryl methyl sites for hydroxylation is 5. The minimum Gasteiger partial charge on any atom is -0.324 e. The molecule has 6 aromatic rings. The lowest BCUT2D eigenvalue weighted by atomic mass is 9.98. The molecule has 0 amide bonds. The van der Waals surface area contributed by atoms with E-state index in [-0.39, 0.29) is 25.4 Å². The molecule has 0 fully saturated rings. The number of aromatic nitrogens is 4. The number of hydrogen-bond donors (Lipinski definition) is 4. The van der Waals surface area contributed by atoms with Crippen molar-refractivity contribution in [3.63, 3.8) is 0 Å². The maximum absolute atomic E-state index is 11.3. The number of rotatable bonds is 11. The van der Waals surface area contributed by atoms with E-state index in [0.29, 0.717) is 5.82 Å². The van der Waals surface area contributed by atoms with Gasteiger partial charge in [-0.3, -0.25) is 9.13 Å². The molecule has 0 atom stereocenters. The van der Waals surface area contributed by atoms with Gasteiger partial charge >= 0.3 is 15.2 Å². The van der Waals surface area contributed by atoms with Crippen LogP contribution in [0.5, 0.6) is 0 Å². The Bertz CT molecular complexity index is 2110. The summed E-state index contributed by atoms with van der Waals surface area (Å²) in [4.78, 5) is 46.9. The van der Waals surface area contributed by atoms with Crippen LogP contribution in [0.3, 0.4) is 0 Å². The SMILES string of the molecule is Cc1cc(C)c(-c2nc(-c3ccc(-c4cc[n+](CCP(=O)(O)O)cc4)cc3)cc(-c3ccc(-c4cc[n+](CCP(=O)(O)O)cc4)cc3)n2)c(C)c1. The van der Waals surface area contributed by atoms with E-state index in [9.17, 15) is 28.7 Å². The topological polar surface area (TPSA) is 149 Å². The Morgan fingerprint density at radius 3 is 1.20 bits per heavy atom. The van der Waals surface area contributed by atoms with Crippen LogP contribution in [0, 0.1) is 20.8 Å². The molecule has 4 N–H and O–H groups in total. The first-order valence-corrected chi connectivity index (χ1v) is 20.1. The maximum atomic E-state index is 11.3. The second-order valence-electron chi connectivity index (χ2n) is 12.8. The lowest BCUT2D eigenvalue weighted by Crippen LogP contribution is -2.34. The Morgan fingerprint density at radius 1 is 0.510 bits per heavy atom. The predicted molar refractivity (Wildman–Crippen MR) is 198 cm³/mol. The Kier molecular flexibility index (Phi) is 10.6. The van der Waals surface area contributed by atoms with Crippen LogP contribution >= 0.6 is 15.2 Å². The van der Waals surface area contributed by atoms with Gasteiger partial charge in [-0.1, -0.05) is 66.2 Å². The molecule has 51 heavy (non-hydrogen) atoms. The van der Waals surface area contributed by atoms with Crippen LogP contribution in [0.2, 0.25) is 0 Å². The van der Waals surface area contributed by atoms with Crippen LogP contribution in [0.25, 0.3) is 56.2 Å². The zero-order valence-electron chi connectivity index (χ0n) is 28.6. The van der Waals surface area contributed by atoms with Gasteiger partial charge in [-0.25, -0.2) is 19.1 Å². The lowest BCUT2D eigenvalue weighted by Gasteiger charge is -2.14. The minimum absolute atomic E-state index is 0.209. The quantitative estimate of drug-likeness (QED) is 0.0857. The third kappa shape index (κ3) is 9.37. The van der Waals surface area contributed by atoms with Crippen molar-refractivity contribution in [3.8, 4) is 56.2 Å². The van der Waals surface area contributed by atoms with Gasteiger partial charge < -0.3 is 19.6 Å². The molecular formula is C39H40N4O6P2+2. The molecule has 0 spiro atoms. The largest absolute Gasteiger partial charge is 0.331 e. The van der Waals surface area contributed by atoms with Gasteiger partial charge in [0.1, 0.15) is 12.3 Å². The fourth-order valence-corrected chi connectivity index (χ4v) is 7.13. The van der Waals surface area contributed by atoms with E-state index in [1.807, 2.05) is 104 Å². The molecule has 12 heteroatoms. The summed E-state index contributed by atoms with van der Waals surface area (Å²) in [5.74, 6) is 0.650. The zero-order chi connectivity index (χ0) is 36.3. The van der Waals surface area contributed by atoms with Gasteiger partial charge in [0, 0.05) is 41.0 Å². The van der Waals surface area contributed by atoms with Crippen molar-refractivity contribution in [1.82, 2.24) is 9.97 Å². The normalized spacial score (nSPS) is 11.9. The summed E-state index contributed by atoms with van der Waals surface area (Å²) in [5, 5.41) is 0. The monoisotopic (exact) mass is 722 g/mol. The fraction of sp³-hybridized carbons (Fsp3) is 0.179. The molecule has 0 saturated carbocycles. The Labute approximate surface area is 297 Å². The van der Waals surface area contributed by atoms with Crippen molar-refractivity contribution < 1.29 is 37.8 Å². The van der Waals surface area contributed by atoms with E-state index in [2.05, 4.69) is 32.9 Å². The van der Waals surface area contributed by atoms with Crippen molar-refractivity contribution >= 4 is 15.2 Å². The average Bonchev–Trinajstić information content (AvgIpc) is 3.09. The van der Waals surface area contributed by atoms with Gasteiger partial charge in [-0.15, -0.1) is 0 Å². The molecular weight excluding hydrogens is 682 g/mol. The molecule has 260 valence electrons. The summed E-state index contributed by atoms with van der Waals surface area (Å²) >= 11 is 0. The van der Waals surface area contributed by atoms with Crippen molar-refractivity contribution in [1.29, 1.82) is 0 Å². The number of hydrogen-bond acceptors (Lipinski definition) is 4. The van der Waals surface area contributed by atoms with Crippen LogP contribution in [0.1, 0.15) is 16.7 Å². The number of benzene rings is 3. The van der Waals surface area contributed by atoms with Gasteiger partial charge in [0.05, 0.1) is 11.4 Å². The van der Waals surface area contributed by atoms with Crippen LogP contribution in [0.15, 0.2) is 116 Å². The van der Waals surface area contributed by atoms with Gasteiger partial charge in [0.15, 0.2) is 43.7 Å². The molecule has 0 saturated heterocycles. The molecule has 3 heterocycles. The van der Waals surface area contributed by atoms with E-state index in [0.717, 1.165) is 61.5 Å². The molecule has 10 nitrogen and oxygen atoms in total. The first kappa shape index (κ1) is 36.1. The smallest absolute Gasteiger partial charge is 0.324 e. The summed E-state index contributed by atoms with van der Waals surface area (Å²) in [5.41, 5.74) is 11.8. The van der Waals surface area contributed by atoms with E-state index in [1.165, 1.54) is 5.56 Å². The molecule has 6 rings (SSSR count). The Balaban J connectivity index is 1.31. The summed E-state index contributed by atoms with van der Waals surface area (Å²) < 4.78 is 26.0. The first-order valence-electron chi connectivity index (χ1n) is 16.5. The van der Waals surface area contributed by atoms with E-state index in [1.54, 1.807) is 9.13 Å². The van der Waals surface area contributed by atoms with E-state index >= 15 is 0 Å². The molecule has 0 radical (unpaired) electrons. The maximum Gasteiger partial charge on any atom is 0.331 e. The second-order valence-corrected chi connectivity index (χ2v) is 16.4. The molecule has 0 aliphatic rings. The van der Waals surface area contributed by atoms with Crippen molar-refractivity contribution in [3.05, 3.63) is 132 Å². The van der Waals surface area contributed by atoms with Crippen LogP contribution in [0.4, 0.5) is 0 Å². The molecule has 0 unspecified atom stereocenters. The number of nitrogens with zero attached hydrogens (tertiary/aromatic N) is 4. The van der Waals surface area contributed by atoms with E-state index in [4.69, 9.17) is 9.97 Å². The van der Waals surface area contributed by atoms with Crippen molar-refractivity contribution in [2.45, 2.75) is 33.9 Å². The molecule has 3 aromatic heterocycles. The highest BCUT2D eigenvalue weighted by Gasteiger charge is 2.18. The highest BCUT2D eigenvalue weighted by molar-refractivity contribution is 7.51. The molecule has 0 aliphatic heterocycles. The fourth-order valence-electron chi connectivity index (χ4n) is 6.14. The summed E-state index contributed by atoms with van der Waals surface area (Å²) in [6.45, 7) is 6.72. The van der Waals surface area contributed by atoms with Gasteiger partial charge in [0.2, 0.25) is 0 Å². The predicted octanol–water partition coefficient (Wildman–Crippen LogP) is 6.67. The Morgan fingerprint density at radius 2 is 0.843 bits per heavy atom. The van der Waals surface area contributed by atoms with Crippen molar-refractivity contribution in [2.75, 3.05) is 12.3 Å². The van der Waals surface area contributed by atoms with Gasteiger partial charge in [0.25, 0.3) is 0 Å². The Hall–Kier alpha value is -4.66. The number of pyridine rings is 2. The zero-order valence-corrected chi connectivity index (χ0v) is 30.4. The third-order valence-corrected chi connectivity index (χ3v) is 10.3. The molecule has 3 aromatic carbocycles. The third-order valence-electron chi connectivity index (χ3n) is 8.74. The highest BCUT2D eigenvalue weighted by atomic mass is 31.2. The lowest BCUT2D eigenvalue weighted by molar-refractivity contribution is -0.692. The minimum atomic E-state index is -4.06. The first-order chi connectivity index (χ1) is 24.2. The molecule has 0 aliphatic carbocycles.